The molecule has 9 rings (SSSR count). The summed E-state index contributed by atoms with van der Waals surface area (Å²) >= 11 is 0. The van der Waals surface area contributed by atoms with Crippen molar-refractivity contribution in [2.45, 2.75) is 0 Å². The Labute approximate surface area is 434 Å². The van der Waals surface area contributed by atoms with Gasteiger partial charge in [-0.2, -0.15) is 0 Å². The van der Waals surface area contributed by atoms with Crippen LogP contribution in [0.1, 0.15) is 0 Å². The van der Waals surface area contributed by atoms with E-state index in [2.05, 4.69) is 273 Å². The van der Waals surface area contributed by atoms with Gasteiger partial charge in [0.05, 0.1) is 23.8 Å². The first-order valence-corrected chi connectivity index (χ1v) is 23.9. The normalized spacial score (nSPS) is 9.42. The van der Waals surface area contributed by atoms with Gasteiger partial charge in [0.15, 0.2) is 0 Å². The Kier molecular flexibility index (Phi) is 32.2. The van der Waals surface area contributed by atoms with E-state index in [1.807, 2.05) is 0 Å². The van der Waals surface area contributed by atoms with Crippen molar-refractivity contribution in [1.29, 1.82) is 0 Å². The molecule has 0 saturated heterocycles. The van der Waals surface area contributed by atoms with E-state index >= 15 is 0 Å². The molecule has 0 unspecified atom stereocenters. The van der Waals surface area contributed by atoms with Crippen molar-refractivity contribution in [3.8, 4) is 0 Å². The second-order valence-corrected chi connectivity index (χ2v) is 20.9. The SMILES string of the molecule is [Cl-].[Cl-].[Cl-].[Cl-].[Cl-].[Cl-].[Rh+3].c1ccc([PH+](c2ccccc2)c2ccccc2)cc1.c1ccc([PH+](c2ccccc2)c2ccccc2)cc1.c1ccc([PH+](c2ccccc2)c2ccccc2)cc1. The van der Waals surface area contributed by atoms with Crippen LogP contribution in [0.4, 0.5) is 0 Å². The molecule has 0 saturated carbocycles. The molecule has 9 aromatic carbocycles. The van der Waals surface area contributed by atoms with E-state index in [1.54, 1.807) is 0 Å². The monoisotopic (exact) mass is 1100 g/mol. The fraction of sp³-hybridized carbons (Fsp3) is 0. The molecule has 0 aliphatic heterocycles. The van der Waals surface area contributed by atoms with Gasteiger partial charge >= 0.3 is 19.5 Å². The summed E-state index contributed by atoms with van der Waals surface area (Å²) in [6.07, 6.45) is 0. The second-order valence-electron chi connectivity index (χ2n) is 13.4. The van der Waals surface area contributed by atoms with Crippen LogP contribution in [0, 0.1) is 0 Å². The minimum atomic E-state index is -0.877. The molecule has 0 N–H and O–H groups in total. The van der Waals surface area contributed by atoms with Crippen molar-refractivity contribution in [2.75, 3.05) is 0 Å². The van der Waals surface area contributed by atoms with E-state index in [9.17, 15) is 0 Å². The third-order valence-corrected chi connectivity index (χ3v) is 17.8. The van der Waals surface area contributed by atoms with Gasteiger partial charge in [0.1, 0.15) is 47.7 Å². The van der Waals surface area contributed by atoms with E-state index in [1.165, 1.54) is 47.7 Å². The fourth-order valence-electron chi connectivity index (χ4n) is 6.94. The molecule has 0 heterocycles. The first kappa shape index (κ1) is 60.6. The number of benzene rings is 9. The van der Waals surface area contributed by atoms with E-state index in [4.69, 9.17) is 0 Å². The molecule has 0 atom stereocenters. The van der Waals surface area contributed by atoms with Gasteiger partial charge in [0, 0.05) is 0 Å². The first-order valence-electron chi connectivity index (χ1n) is 19.4. The van der Waals surface area contributed by atoms with Gasteiger partial charge < -0.3 is 74.4 Å². The standard InChI is InChI=1S/3C18H15P.6ClH.Rh/c3*1-4-10-16(11-5-1)19(17-12-6-2-7-13-17)18-14-8-3-9-15-18;;;;;;;/h3*1-15H;6*1H;/q;;;;;;;;;+3/p-3. The molecule has 0 bridgehead atoms. The van der Waals surface area contributed by atoms with Gasteiger partial charge in [-0.1, -0.05) is 164 Å². The van der Waals surface area contributed by atoms with Crippen molar-refractivity contribution in [3.05, 3.63) is 273 Å². The topological polar surface area (TPSA) is 0 Å². The first-order chi connectivity index (χ1) is 28.3. The summed E-state index contributed by atoms with van der Waals surface area (Å²) in [4.78, 5) is 0. The maximum Gasteiger partial charge on any atom is 3.00 e. The summed E-state index contributed by atoms with van der Waals surface area (Å²) in [7, 11) is -2.63. The average Bonchev–Trinajstić information content (AvgIpc) is 3.30. The minimum absolute atomic E-state index is 0. The molecule has 0 radical (unpaired) electrons. The zero-order chi connectivity index (χ0) is 38.7. The van der Waals surface area contributed by atoms with Crippen LogP contribution in [0.5, 0.6) is 0 Å². The van der Waals surface area contributed by atoms with Crippen LogP contribution >= 0.6 is 23.8 Å². The summed E-state index contributed by atoms with van der Waals surface area (Å²) in [5.74, 6) is 0. The summed E-state index contributed by atoms with van der Waals surface area (Å²) in [5, 5.41) is 12.9. The average molecular weight is 1110 g/mol. The molecule has 0 spiro atoms. The second kappa shape index (κ2) is 34.0. The van der Waals surface area contributed by atoms with Gasteiger partial charge in [-0.05, 0) is 109 Å². The Balaban J connectivity index is 0.000000882. The number of hydrogen-bond acceptors (Lipinski definition) is 0. The van der Waals surface area contributed by atoms with Crippen molar-refractivity contribution in [2.24, 2.45) is 0 Å². The maximum atomic E-state index is 2.24. The number of hydrogen-bond donors (Lipinski definition) is 0. The van der Waals surface area contributed by atoms with E-state index in [0.29, 0.717) is 0 Å². The Morgan fingerprint density at radius 1 is 0.141 bits per heavy atom. The predicted octanol–water partition coefficient (Wildman–Crippen LogP) is -8.45. The molecule has 9 aromatic rings. The quantitative estimate of drug-likeness (QED) is 0.0998. The summed E-state index contributed by atoms with van der Waals surface area (Å²) < 4.78 is 0. The summed E-state index contributed by atoms with van der Waals surface area (Å²) in [5.41, 5.74) is 0. The Morgan fingerprint density at radius 3 is 0.297 bits per heavy atom. The minimum Gasteiger partial charge on any atom is -1.00 e. The van der Waals surface area contributed by atoms with E-state index < -0.39 is 23.8 Å². The van der Waals surface area contributed by atoms with E-state index in [-0.39, 0.29) is 93.9 Å². The Hall–Kier alpha value is -3.37. The van der Waals surface area contributed by atoms with Gasteiger partial charge in [0.2, 0.25) is 0 Å². The van der Waals surface area contributed by atoms with Crippen LogP contribution < -0.4 is 122 Å². The van der Waals surface area contributed by atoms with Gasteiger partial charge in [-0.3, -0.25) is 0 Å². The molecule has 0 aliphatic rings. The molecule has 0 aliphatic carbocycles. The zero-order valence-electron chi connectivity index (χ0n) is 34.6. The molecule has 0 fully saturated rings. The van der Waals surface area contributed by atoms with Gasteiger partial charge in [0.25, 0.3) is 0 Å². The largest absolute Gasteiger partial charge is 3.00 e. The van der Waals surface area contributed by atoms with Crippen molar-refractivity contribution < 1.29 is 93.9 Å². The Morgan fingerprint density at radius 2 is 0.219 bits per heavy atom. The fourth-order valence-corrected chi connectivity index (χ4v) is 14.7. The van der Waals surface area contributed by atoms with Crippen LogP contribution in [-0.4, -0.2) is 0 Å². The maximum absolute atomic E-state index is 2.24. The van der Waals surface area contributed by atoms with Gasteiger partial charge in [-0.25, -0.2) is 0 Å². The molecular formula is C54H48Cl6P3Rh. The third kappa shape index (κ3) is 17.8. The summed E-state index contributed by atoms with van der Waals surface area (Å²) in [6, 6.07) is 97.5. The molecule has 10 heteroatoms. The van der Waals surface area contributed by atoms with E-state index in [0.717, 1.165) is 0 Å². The third-order valence-electron chi connectivity index (χ3n) is 9.56. The molecular weight excluding hydrogens is 1060 g/mol. The van der Waals surface area contributed by atoms with Crippen molar-refractivity contribution >= 4 is 71.5 Å². The summed E-state index contributed by atoms with van der Waals surface area (Å²) in [6.45, 7) is 0. The number of rotatable bonds is 9. The number of halogens is 6. The Bertz CT molecular complexity index is 1890. The molecule has 0 amide bonds. The smallest absolute Gasteiger partial charge is 1.00 e. The van der Waals surface area contributed by atoms with Crippen molar-refractivity contribution in [1.82, 2.24) is 0 Å². The van der Waals surface area contributed by atoms with Crippen LogP contribution in [-0.2, 0) is 19.5 Å². The predicted molar refractivity (Wildman–Crippen MR) is 260 cm³/mol. The van der Waals surface area contributed by atoms with Crippen LogP contribution in [0.3, 0.4) is 0 Å². The van der Waals surface area contributed by atoms with Crippen LogP contribution in [0.15, 0.2) is 273 Å². The van der Waals surface area contributed by atoms with Crippen LogP contribution in [0.25, 0.3) is 0 Å². The molecule has 64 heavy (non-hydrogen) atoms. The van der Waals surface area contributed by atoms with Gasteiger partial charge in [-0.15, -0.1) is 0 Å². The van der Waals surface area contributed by atoms with Crippen molar-refractivity contribution in [3.63, 3.8) is 0 Å². The van der Waals surface area contributed by atoms with Crippen LogP contribution in [0.2, 0.25) is 0 Å². The molecule has 0 nitrogen and oxygen atoms in total. The molecule has 0 aromatic heterocycles. The zero-order valence-corrected chi connectivity index (χ0v) is 43.8. The molecule has 330 valence electrons.